The van der Waals surface area contributed by atoms with Gasteiger partial charge in [0.1, 0.15) is 24.7 Å². The average Bonchev–Trinajstić information content (AvgIpc) is 2.60. The van der Waals surface area contributed by atoms with E-state index >= 15 is 0 Å². The van der Waals surface area contributed by atoms with E-state index < -0.39 is 0 Å². The lowest BCUT2D eigenvalue weighted by molar-refractivity contribution is 0.219. The Hall–Kier alpha value is -2.79. The zero-order valence-electron chi connectivity index (χ0n) is 13.1. The van der Waals surface area contributed by atoms with Crippen LogP contribution < -0.4 is 20.5 Å². The Morgan fingerprint density at radius 3 is 2.38 bits per heavy atom. The van der Waals surface area contributed by atoms with E-state index in [1.54, 1.807) is 0 Å². The van der Waals surface area contributed by atoms with Gasteiger partial charge in [-0.25, -0.2) is 0 Å². The highest BCUT2D eigenvalue weighted by Crippen LogP contribution is 2.25. The number of nitrogens with one attached hydrogen (secondary N) is 1. The standard InChI is InChI=1S/C19H18N2O2S/c20-19(24)21-15-8-10-16(11-9-15)22-12-13-23-18-7-3-5-14-4-1-2-6-17(14)18/h1-11H,12-13H2,(H3,20,21,24). The van der Waals surface area contributed by atoms with Crippen LogP contribution in [0.15, 0.2) is 66.7 Å². The van der Waals surface area contributed by atoms with Gasteiger partial charge in [-0.3, -0.25) is 0 Å². The molecule has 0 aliphatic heterocycles. The molecule has 3 rings (SSSR count). The normalized spacial score (nSPS) is 10.3. The van der Waals surface area contributed by atoms with Crippen molar-refractivity contribution >= 4 is 33.8 Å². The number of thiocarbonyl (C=S) groups is 1. The quantitative estimate of drug-likeness (QED) is 0.526. The predicted octanol–water partition coefficient (Wildman–Crippen LogP) is 3.95. The van der Waals surface area contributed by atoms with E-state index in [1.807, 2.05) is 48.5 Å². The third-order valence-corrected chi connectivity index (χ3v) is 3.58. The molecule has 0 aromatic heterocycles. The number of nitrogens with two attached hydrogens (primary N) is 1. The summed E-state index contributed by atoms with van der Waals surface area (Å²) in [6, 6.07) is 21.6. The van der Waals surface area contributed by atoms with Crippen LogP contribution in [0.3, 0.4) is 0 Å². The molecule has 3 N–H and O–H groups in total. The number of anilines is 1. The molecule has 0 amide bonds. The molecule has 5 heteroatoms. The van der Waals surface area contributed by atoms with Gasteiger partial charge >= 0.3 is 0 Å². The number of ether oxygens (including phenoxy) is 2. The summed E-state index contributed by atoms with van der Waals surface area (Å²) in [5.41, 5.74) is 6.26. The molecule has 0 bridgehead atoms. The van der Waals surface area contributed by atoms with Crippen LogP contribution in [0.5, 0.6) is 11.5 Å². The van der Waals surface area contributed by atoms with Crippen LogP contribution in [0.1, 0.15) is 0 Å². The Morgan fingerprint density at radius 2 is 1.58 bits per heavy atom. The van der Waals surface area contributed by atoms with E-state index in [0.29, 0.717) is 13.2 Å². The van der Waals surface area contributed by atoms with Crippen molar-refractivity contribution < 1.29 is 9.47 Å². The van der Waals surface area contributed by atoms with E-state index in [0.717, 1.165) is 28.0 Å². The first-order valence-electron chi connectivity index (χ1n) is 7.62. The number of benzene rings is 3. The monoisotopic (exact) mass is 338 g/mol. The van der Waals surface area contributed by atoms with Gasteiger partial charge in [0.25, 0.3) is 0 Å². The summed E-state index contributed by atoms with van der Waals surface area (Å²) in [7, 11) is 0. The van der Waals surface area contributed by atoms with Crippen LogP contribution >= 0.6 is 12.2 Å². The maximum atomic E-state index is 5.85. The van der Waals surface area contributed by atoms with Crippen molar-refractivity contribution in [2.75, 3.05) is 18.5 Å². The Morgan fingerprint density at radius 1 is 0.875 bits per heavy atom. The molecule has 0 fully saturated rings. The van der Waals surface area contributed by atoms with Crippen LogP contribution in [0.2, 0.25) is 0 Å². The fourth-order valence-electron chi connectivity index (χ4n) is 2.41. The average molecular weight is 338 g/mol. The topological polar surface area (TPSA) is 56.5 Å². The van der Waals surface area contributed by atoms with Crippen molar-refractivity contribution in [3.8, 4) is 11.5 Å². The molecule has 0 unspecified atom stereocenters. The second-order valence-corrected chi connectivity index (χ2v) is 5.63. The second kappa shape index (κ2) is 7.66. The number of rotatable bonds is 6. The highest BCUT2D eigenvalue weighted by Gasteiger charge is 2.01. The van der Waals surface area contributed by atoms with E-state index in [1.165, 1.54) is 0 Å². The molecule has 0 aliphatic rings. The number of hydrogen-bond acceptors (Lipinski definition) is 3. The molecule has 0 atom stereocenters. The highest BCUT2D eigenvalue weighted by molar-refractivity contribution is 7.80. The highest BCUT2D eigenvalue weighted by atomic mass is 32.1. The van der Waals surface area contributed by atoms with E-state index in [-0.39, 0.29) is 5.11 Å². The van der Waals surface area contributed by atoms with E-state index in [4.69, 9.17) is 27.4 Å². The zero-order valence-corrected chi connectivity index (χ0v) is 13.9. The molecule has 3 aromatic rings. The second-order valence-electron chi connectivity index (χ2n) is 5.19. The van der Waals surface area contributed by atoms with E-state index in [9.17, 15) is 0 Å². The molecular weight excluding hydrogens is 320 g/mol. The Kier molecular flexibility index (Phi) is 5.13. The summed E-state index contributed by atoms with van der Waals surface area (Å²) < 4.78 is 11.5. The van der Waals surface area contributed by atoms with Gasteiger partial charge in [-0.1, -0.05) is 36.4 Å². The molecule has 0 aliphatic carbocycles. The predicted molar refractivity (Wildman–Crippen MR) is 102 cm³/mol. The van der Waals surface area contributed by atoms with Gasteiger partial charge in [0.05, 0.1) is 0 Å². The SMILES string of the molecule is NC(=S)Nc1ccc(OCCOc2cccc3ccccc23)cc1. The lowest BCUT2D eigenvalue weighted by Crippen LogP contribution is -2.18. The maximum Gasteiger partial charge on any atom is 0.168 e. The van der Waals surface area contributed by atoms with Crippen molar-refractivity contribution in [3.05, 3.63) is 66.7 Å². The third-order valence-electron chi connectivity index (χ3n) is 3.48. The molecule has 0 heterocycles. The molecule has 24 heavy (non-hydrogen) atoms. The van der Waals surface area contributed by atoms with Gasteiger partial charge in [0.2, 0.25) is 0 Å². The molecular formula is C19H18N2O2S. The van der Waals surface area contributed by atoms with Crippen molar-refractivity contribution in [2.45, 2.75) is 0 Å². The van der Waals surface area contributed by atoms with Crippen LogP contribution in [-0.2, 0) is 0 Å². The minimum atomic E-state index is 0.243. The van der Waals surface area contributed by atoms with Gasteiger partial charge in [-0.15, -0.1) is 0 Å². The molecule has 4 nitrogen and oxygen atoms in total. The van der Waals surface area contributed by atoms with Gasteiger partial charge in [-0.05, 0) is 47.9 Å². The maximum absolute atomic E-state index is 5.85. The minimum absolute atomic E-state index is 0.243. The summed E-state index contributed by atoms with van der Waals surface area (Å²) in [6.07, 6.45) is 0. The molecule has 0 spiro atoms. The van der Waals surface area contributed by atoms with Crippen LogP contribution in [0.4, 0.5) is 5.69 Å². The third kappa shape index (κ3) is 4.14. The first kappa shape index (κ1) is 16.1. The summed E-state index contributed by atoms with van der Waals surface area (Å²) >= 11 is 4.79. The fraction of sp³-hybridized carbons (Fsp3) is 0.105. The minimum Gasteiger partial charge on any atom is -0.490 e. The summed E-state index contributed by atoms with van der Waals surface area (Å²) in [5, 5.41) is 5.38. The first-order chi connectivity index (χ1) is 11.7. The van der Waals surface area contributed by atoms with Gasteiger partial charge in [0, 0.05) is 11.1 Å². The zero-order chi connectivity index (χ0) is 16.8. The lowest BCUT2D eigenvalue weighted by atomic mass is 10.1. The molecule has 0 saturated carbocycles. The number of hydrogen-bond donors (Lipinski definition) is 2. The van der Waals surface area contributed by atoms with Crippen molar-refractivity contribution in [2.24, 2.45) is 5.73 Å². The summed E-state index contributed by atoms with van der Waals surface area (Å²) in [6.45, 7) is 0.937. The van der Waals surface area contributed by atoms with Crippen molar-refractivity contribution in [1.29, 1.82) is 0 Å². The largest absolute Gasteiger partial charge is 0.490 e. The fourth-order valence-corrected chi connectivity index (χ4v) is 2.53. The molecule has 0 radical (unpaired) electrons. The molecule has 122 valence electrons. The van der Waals surface area contributed by atoms with Crippen molar-refractivity contribution in [1.82, 2.24) is 0 Å². The smallest absolute Gasteiger partial charge is 0.168 e. The van der Waals surface area contributed by atoms with Gasteiger partial charge < -0.3 is 20.5 Å². The first-order valence-corrected chi connectivity index (χ1v) is 8.03. The van der Waals surface area contributed by atoms with E-state index in [2.05, 4.69) is 23.5 Å². The Balaban J connectivity index is 1.52. The molecule has 3 aromatic carbocycles. The van der Waals surface area contributed by atoms with Crippen LogP contribution in [0.25, 0.3) is 10.8 Å². The van der Waals surface area contributed by atoms with Gasteiger partial charge in [-0.2, -0.15) is 0 Å². The number of fused-ring (bicyclic) bond motifs is 1. The molecule has 0 saturated heterocycles. The van der Waals surface area contributed by atoms with Gasteiger partial charge in [0.15, 0.2) is 5.11 Å². The van der Waals surface area contributed by atoms with Crippen LogP contribution in [-0.4, -0.2) is 18.3 Å². The Bertz CT molecular complexity index is 829. The van der Waals surface area contributed by atoms with Crippen molar-refractivity contribution in [3.63, 3.8) is 0 Å². The lowest BCUT2D eigenvalue weighted by Gasteiger charge is -2.11. The summed E-state index contributed by atoms with van der Waals surface area (Å²) in [5.74, 6) is 1.64. The van der Waals surface area contributed by atoms with Crippen LogP contribution in [0, 0.1) is 0 Å². The Labute approximate surface area is 146 Å². The summed E-state index contributed by atoms with van der Waals surface area (Å²) in [4.78, 5) is 0.